The van der Waals surface area contributed by atoms with Gasteiger partial charge in [0.2, 0.25) is 2.86 Å². The number of nitrogens with zero attached hydrogens (tertiary/aromatic N) is 6. The number of halogens is 1. The lowest BCUT2D eigenvalue weighted by Crippen LogP contribution is -2.31. The Bertz CT molecular complexity index is 5460. The molecular weight excluding hydrogens is 1870 g/mol. The van der Waals surface area contributed by atoms with Crippen molar-refractivity contribution in [3.63, 3.8) is 0 Å². The molecule has 140 heavy (non-hydrogen) atoms. The molecule has 7 fully saturated rings. The molecule has 762 valence electrons. The van der Waals surface area contributed by atoms with E-state index >= 15 is 0 Å². The van der Waals surface area contributed by atoms with Crippen molar-refractivity contribution in [3.05, 3.63) is 255 Å². The number of thiol groups is 2. The number of phenols is 1. The molecule has 15 rings (SSSR count). The topological polar surface area (TPSA) is 317 Å². The van der Waals surface area contributed by atoms with Gasteiger partial charge in [0.25, 0.3) is 11.4 Å². The lowest BCUT2D eigenvalue weighted by Gasteiger charge is -2.30. The summed E-state index contributed by atoms with van der Waals surface area (Å²) in [6.07, 6.45) is 15.9. The highest BCUT2D eigenvalue weighted by molar-refractivity contribution is 9.08. The van der Waals surface area contributed by atoms with Crippen LogP contribution in [0.1, 0.15) is 270 Å². The van der Waals surface area contributed by atoms with E-state index in [-0.39, 0.29) is 126 Å². The van der Waals surface area contributed by atoms with Gasteiger partial charge in [-0.1, -0.05) is 134 Å². The Labute approximate surface area is 859 Å². The second kappa shape index (κ2) is 57.9. The molecule has 8 aromatic rings. The summed E-state index contributed by atoms with van der Waals surface area (Å²) in [5.74, 6) is -0.436. The number of aliphatic hydroxyl groups excluding tert-OH is 2. The van der Waals surface area contributed by atoms with E-state index < -0.39 is 11.2 Å². The van der Waals surface area contributed by atoms with Crippen molar-refractivity contribution < 1.29 is 72.8 Å². The highest BCUT2D eigenvalue weighted by Crippen LogP contribution is 2.41. The molecule has 2 unspecified atom stereocenters. The van der Waals surface area contributed by atoms with Gasteiger partial charge in [0.15, 0.2) is 13.0 Å². The molecule has 0 saturated carbocycles. The van der Waals surface area contributed by atoms with Crippen LogP contribution in [-0.2, 0) is 65.8 Å². The number of nitrogens with two attached hydrogens (primary N) is 1. The first-order valence-corrected chi connectivity index (χ1v) is 51.4. The first-order chi connectivity index (χ1) is 67.8. The van der Waals surface area contributed by atoms with Crippen LogP contribution in [0.4, 0.5) is 39.8 Å². The van der Waals surface area contributed by atoms with Gasteiger partial charge in [0, 0.05) is 166 Å². The van der Waals surface area contributed by atoms with Gasteiger partial charge in [-0.3, -0.25) is 44.2 Å². The number of nitrogen functional groups attached to an aromatic ring is 1. The van der Waals surface area contributed by atoms with E-state index in [9.17, 15) is 49.3 Å². The number of anilines is 5. The average Bonchev–Trinajstić information content (AvgIpc) is 1.29. The normalized spacial score (nSPS) is 18.4. The van der Waals surface area contributed by atoms with Gasteiger partial charge in [-0.2, -0.15) is 0 Å². The van der Waals surface area contributed by atoms with Gasteiger partial charge in [-0.05, 0) is 310 Å². The fraction of sp³-hybridized carbons (Fsp3) is 0.523. The Kier molecular flexibility index (Phi) is 45.6. The van der Waals surface area contributed by atoms with Crippen LogP contribution in [0, 0.1) is 87.5 Å². The number of hydrogen-bond acceptors (Lipinski definition) is 24. The summed E-state index contributed by atoms with van der Waals surface area (Å²) in [6.45, 7) is 41.3. The van der Waals surface area contributed by atoms with Gasteiger partial charge in [0.1, 0.15) is 17.0 Å². The van der Waals surface area contributed by atoms with Crippen molar-refractivity contribution in [2.24, 2.45) is 11.8 Å². The van der Waals surface area contributed by atoms with Gasteiger partial charge < -0.3 is 64.3 Å². The molecule has 5 N–H and O–H groups in total. The number of alkyl halides is 1. The van der Waals surface area contributed by atoms with Crippen molar-refractivity contribution in [2.75, 3.05) is 111 Å². The molecule has 7 aliphatic heterocycles. The molecule has 7 atom stereocenters. The third kappa shape index (κ3) is 37.0. The Morgan fingerprint density at radius 2 is 0.836 bits per heavy atom. The molecule has 0 aliphatic carbocycles. The van der Waals surface area contributed by atoms with E-state index in [4.69, 9.17) is 35.0 Å². The van der Waals surface area contributed by atoms with Gasteiger partial charge >= 0.3 is 29.8 Å². The number of aromatic hydroxyl groups is 1. The number of carbonyl (C=O) groups is 5. The summed E-state index contributed by atoms with van der Waals surface area (Å²) in [4.78, 5) is 90.5. The Morgan fingerprint density at radius 1 is 0.500 bits per heavy atom. The maximum Gasteiger partial charge on any atom is 0.309 e. The summed E-state index contributed by atoms with van der Waals surface area (Å²) in [5.41, 5.74) is 28.4. The molecule has 24 nitrogen and oxygen atoms in total. The minimum absolute atomic E-state index is 0. The van der Waals surface area contributed by atoms with Crippen molar-refractivity contribution >= 4 is 124 Å². The zero-order chi connectivity index (χ0) is 105. The number of esters is 5. The van der Waals surface area contributed by atoms with Crippen LogP contribution in [-0.4, -0.2) is 170 Å². The third-order valence-electron chi connectivity index (χ3n) is 26.2. The Balaban J connectivity index is 0.000000234. The number of rotatable bonds is 26. The van der Waals surface area contributed by atoms with Crippen LogP contribution < -0.4 is 25.3 Å². The molecule has 0 radical (unpaired) electrons. The molecule has 0 aromatic heterocycles. The number of nitro groups is 2. The number of ether oxygens (including phenoxy) is 5. The van der Waals surface area contributed by atoms with Crippen molar-refractivity contribution in [3.8, 4) is 5.75 Å². The number of phenolic OH excluding ortho intramolecular Hbond substituents is 1. The monoisotopic (exact) mass is 2030 g/mol. The number of cyclic esters (lactones) is 3. The van der Waals surface area contributed by atoms with E-state index in [0.717, 1.165) is 79.9 Å². The fourth-order valence-corrected chi connectivity index (χ4v) is 18.7. The van der Waals surface area contributed by atoms with Crippen molar-refractivity contribution in [1.29, 1.82) is 5.53 Å². The zero-order valence-corrected chi connectivity index (χ0v) is 88.1. The highest BCUT2D eigenvalue weighted by Gasteiger charge is 2.36. The summed E-state index contributed by atoms with van der Waals surface area (Å²) in [6, 6.07) is 48.2. The Morgan fingerprint density at radius 3 is 1.19 bits per heavy atom. The van der Waals surface area contributed by atoms with E-state index in [1.807, 2.05) is 65.8 Å². The second-order valence-electron chi connectivity index (χ2n) is 39.4. The van der Waals surface area contributed by atoms with Crippen LogP contribution in [0.5, 0.6) is 5.75 Å². The first kappa shape index (κ1) is 110. The molecule has 29 heteroatoms. The van der Waals surface area contributed by atoms with Crippen LogP contribution in [0.3, 0.4) is 0 Å². The minimum Gasteiger partial charge on any atom is -0.506 e. The summed E-state index contributed by atoms with van der Waals surface area (Å²) in [5, 5.41) is 41.2. The van der Waals surface area contributed by atoms with E-state index in [1.54, 1.807) is 63.9 Å². The van der Waals surface area contributed by atoms with Crippen LogP contribution in [0.2, 0.25) is 13.6 Å². The van der Waals surface area contributed by atoms with Gasteiger partial charge in [0.05, 0.1) is 47.2 Å². The number of aryl methyl sites for hydroxylation is 8. The molecule has 0 amide bonds. The number of nitro benzene ring substituents is 2. The lowest BCUT2D eigenvalue weighted by molar-refractivity contribution is -0.385. The lowest BCUT2D eigenvalue weighted by atomic mass is 9.83. The molecule has 0 spiro atoms. The van der Waals surface area contributed by atoms with Gasteiger partial charge in [-0.15, -0.1) is 0 Å². The molecular formula is C111H156B2BrN7O17S2. The highest BCUT2D eigenvalue weighted by atomic mass is 79.9. The first-order valence-electron chi connectivity index (χ1n) is 51.2. The quantitative estimate of drug-likeness (QED) is 0.00338. The van der Waals surface area contributed by atoms with Crippen molar-refractivity contribution in [2.45, 2.75) is 280 Å². The van der Waals surface area contributed by atoms with Crippen molar-refractivity contribution in [1.82, 2.24) is 0 Å². The average molecular weight is 2030 g/mol. The standard InChI is InChI=1S/C24H28N2O4.C23H28N2O3.C20H31NO3.C17H26O3.C16H21NO2.C8H8BrNO2.2CH5BS.CH4/c1-16-6-8-19(14-22(16)25-9-3-4-10-25)21-13-20(24(27)30-15-21)11-18-7-5-17(2)23(12-18)26(28)29;1-15-4-6-17(13-21(15)25-8-2-3-9-25)19-12-18(23(27)28-14-19)10-16-5-7-22(26)20(24)11-16;1-15-7-8-16(13-18(15)21-11-5-6-12-21)17(14-22)9-10-19(23)24-20(2,3)4;1-12-6-7-14(10-13(12)2)15(11-18)8-9-16(19)20-17(3,4)5;1-12-4-5-13(14-6-7-16(18)19-11-14)10-15(12)17-8-2-3-9-17;1-6-2-3-7(5-9)4-8(6)10(11)12;2*1-2-3;/h5-8,12,14,20-21H,3-4,9-11,13,15H2,1-2H3;4-7,11,13,18-19,26H,2-3,8-10,12,14,24H2,1H3;7-8,13,17,22H,5-6,9-12,14H2,1-4H3;6-7,10,15,18H,8-9,11H2,1-5H3;4-5,10,14H,2-3,6-9,11H2,1H3;2-4H,5H2,1H3;2*2-3H,1H3;1H4/t20?,21-;18?,19-;17-;15-;14-;;;;/m11111..../s1/i;;22T;18T;;;2*2D;. The second-order valence-corrected chi connectivity index (χ2v) is 41.0. The largest absolute Gasteiger partial charge is 0.506 e. The summed E-state index contributed by atoms with van der Waals surface area (Å²) in [7, 11) is 0. The smallest absolute Gasteiger partial charge is 0.309 e. The molecule has 0 bridgehead atoms. The SMILES string of the molecule is C.Cc1ccc(CBr)cc1[N+](=O)[O-].Cc1ccc([C@@H]2CCC(=O)OC2)cc1N1CCCC1.Cc1ccc([C@H]2COC(=O)C(Cc3ccc(C)c([N+](=O)[O-])c3)C2)cc1N1CCCC1.Cc1ccc([C@H]2COC(=O)C(Cc3ccc(O)c(N)c3)C2)cc1N1CCCC1.[2H]B(C)S.[2H]B(C)S.[3H]OC[C@@H](CCC(=O)OC(C)(C)C)c1ccc(C)c(C)c1.[3H]OC[C@@H](CCC(=O)OC(C)(C)C)c1ccc(C)c(N2CCCC2)c1. The minimum atomic E-state index is -0.467. The summed E-state index contributed by atoms with van der Waals surface area (Å²) < 4.78 is 54.0. The van der Waals surface area contributed by atoms with Gasteiger partial charge in [-0.25, -0.2) is 25.0 Å². The van der Waals surface area contributed by atoms with Crippen LogP contribution in [0.25, 0.3) is 0 Å². The fourth-order valence-electron chi connectivity index (χ4n) is 18.3. The molecule has 7 aliphatic rings. The number of aliphatic hydroxyl groups is 2. The number of carbonyl (C=O) groups excluding carboxylic acids is 5. The molecule has 7 saturated heterocycles. The van der Waals surface area contributed by atoms with E-state index in [1.165, 1.54) is 137 Å². The number of hydrogen-bond donors (Lipinski definition) is 6. The maximum absolute atomic E-state index is 12.4. The maximum atomic E-state index is 12.4. The zero-order valence-electron chi connectivity index (χ0n) is 88.7. The van der Waals surface area contributed by atoms with Crippen LogP contribution >= 0.6 is 40.9 Å². The van der Waals surface area contributed by atoms with E-state index in [2.05, 4.69) is 197 Å². The van der Waals surface area contributed by atoms with E-state index in [0.29, 0.717) is 99.2 Å². The predicted molar refractivity (Wildman–Crippen MR) is 582 cm³/mol. The molecule has 8 aromatic carbocycles. The summed E-state index contributed by atoms with van der Waals surface area (Å²) >= 11 is 10.5. The molecule has 7 heterocycles. The van der Waals surface area contributed by atoms with Crippen LogP contribution in [0.15, 0.2) is 146 Å². The number of benzene rings is 8. The Hall–Kier alpha value is -10.1. The third-order valence-corrected chi connectivity index (χ3v) is 26.8. The predicted octanol–water partition coefficient (Wildman–Crippen LogP) is 22.8.